The molecule has 8 nitrogen and oxygen atoms in total. The van der Waals surface area contributed by atoms with E-state index >= 15 is 0 Å². The van der Waals surface area contributed by atoms with Gasteiger partial charge in [0.15, 0.2) is 5.82 Å². The number of benzene rings is 2. The number of hydrogen-bond acceptors (Lipinski definition) is 6. The van der Waals surface area contributed by atoms with Gasteiger partial charge in [0.1, 0.15) is 5.82 Å². The quantitative estimate of drug-likeness (QED) is 0.599. The molecular weight excluding hydrogens is 420 g/mol. The molecule has 8 heteroatoms. The Morgan fingerprint density at radius 3 is 2.52 bits per heavy atom. The molecule has 0 saturated carbocycles. The molecule has 2 fully saturated rings. The molecule has 3 aromatic rings. The van der Waals surface area contributed by atoms with E-state index in [1.165, 1.54) is 0 Å². The van der Waals surface area contributed by atoms with Crippen LogP contribution in [0, 0.1) is 5.41 Å². The maximum atomic E-state index is 13.2. The van der Waals surface area contributed by atoms with E-state index in [2.05, 4.69) is 11.0 Å². The number of rotatable bonds is 5. The first-order valence-corrected chi connectivity index (χ1v) is 11.1. The van der Waals surface area contributed by atoms with Crippen molar-refractivity contribution in [1.29, 1.82) is 0 Å². The Morgan fingerprint density at radius 2 is 1.76 bits per heavy atom. The third kappa shape index (κ3) is 4.52. The highest BCUT2D eigenvalue weighted by molar-refractivity contribution is 5.92. The maximum absolute atomic E-state index is 13.2. The number of carbonyl (C=O) groups excluding carboxylic acids is 1. The van der Waals surface area contributed by atoms with Crippen LogP contribution in [0.5, 0.6) is 0 Å². The average Bonchev–Trinajstić information content (AvgIpc) is 3.42. The minimum Gasteiger partial charge on any atom is -0.483 e. The van der Waals surface area contributed by atoms with Gasteiger partial charge in [0.25, 0.3) is 6.47 Å². The number of ether oxygens (including phenoxy) is 1. The van der Waals surface area contributed by atoms with E-state index < -0.39 is 0 Å². The van der Waals surface area contributed by atoms with E-state index in [0.717, 1.165) is 54.0 Å². The molecule has 1 N–H and O–H groups in total. The number of amides is 1. The molecule has 33 heavy (non-hydrogen) atoms. The fraction of sp³-hybridized carbons (Fsp3) is 0.360. The summed E-state index contributed by atoms with van der Waals surface area (Å²) >= 11 is 0. The van der Waals surface area contributed by atoms with Crippen molar-refractivity contribution < 1.29 is 19.4 Å². The van der Waals surface area contributed by atoms with E-state index in [9.17, 15) is 4.79 Å². The number of methoxy groups -OCH3 is 1. The third-order valence-electron chi connectivity index (χ3n) is 6.43. The molecule has 2 aliphatic rings. The summed E-state index contributed by atoms with van der Waals surface area (Å²) in [5.74, 6) is 1.92. The zero-order chi connectivity index (χ0) is 23.3. The molecule has 0 radical (unpaired) electrons. The number of para-hydroxylation sites is 1. The zero-order valence-electron chi connectivity index (χ0n) is 18.7. The molecule has 0 bridgehead atoms. The standard InChI is InChI=1S/C24H26N4O2.CH2O2/c1-30-16-15-27-13-11-24(23(27)29)12-14-28(17-24)22-19-9-5-6-10-20(19)25-21(26-22)18-7-3-2-4-8-18;2-1-3/h2-10H,11-17H2,1H3;1H,(H,2,3). The second-order valence-electron chi connectivity index (χ2n) is 8.35. The molecule has 172 valence electrons. The van der Waals surface area contributed by atoms with Crippen LogP contribution >= 0.6 is 0 Å². The summed E-state index contributed by atoms with van der Waals surface area (Å²) in [5.41, 5.74) is 1.63. The Labute approximate surface area is 192 Å². The van der Waals surface area contributed by atoms with Crippen LogP contribution in [0.1, 0.15) is 12.8 Å². The smallest absolute Gasteiger partial charge is 0.290 e. The van der Waals surface area contributed by atoms with Gasteiger partial charge in [-0.25, -0.2) is 9.97 Å². The summed E-state index contributed by atoms with van der Waals surface area (Å²) in [4.78, 5) is 35.6. The van der Waals surface area contributed by atoms with Gasteiger partial charge < -0.3 is 19.6 Å². The maximum Gasteiger partial charge on any atom is 0.290 e. The van der Waals surface area contributed by atoms with E-state index in [-0.39, 0.29) is 17.8 Å². The Morgan fingerprint density at radius 1 is 1.06 bits per heavy atom. The lowest BCUT2D eigenvalue weighted by Gasteiger charge is -2.25. The molecule has 5 rings (SSSR count). The molecule has 1 aromatic heterocycles. The zero-order valence-corrected chi connectivity index (χ0v) is 18.7. The highest BCUT2D eigenvalue weighted by Crippen LogP contribution is 2.43. The molecule has 1 amide bonds. The summed E-state index contributed by atoms with van der Waals surface area (Å²) in [6, 6.07) is 18.2. The molecule has 1 spiro atoms. The summed E-state index contributed by atoms with van der Waals surface area (Å²) in [5, 5.41) is 7.93. The Bertz CT molecular complexity index is 1120. The summed E-state index contributed by atoms with van der Waals surface area (Å²) < 4.78 is 5.18. The lowest BCUT2D eigenvalue weighted by Crippen LogP contribution is -2.38. The van der Waals surface area contributed by atoms with E-state index in [1.54, 1.807) is 7.11 Å². The number of carboxylic acid groups (broad SMARTS) is 1. The Hall–Kier alpha value is -3.52. The van der Waals surface area contributed by atoms with Gasteiger partial charge in [-0.1, -0.05) is 42.5 Å². The highest BCUT2D eigenvalue weighted by Gasteiger charge is 2.51. The van der Waals surface area contributed by atoms with Crippen molar-refractivity contribution in [1.82, 2.24) is 14.9 Å². The second-order valence-corrected chi connectivity index (χ2v) is 8.35. The van der Waals surface area contributed by atoms with E-state index in [4.69, 9.17) is 24.6 Å². The monoisotopic (exact) mass is 448 g/mol. The molecule has 1 unspecified atom stereocenters. The van der Waals surface area contributed by atoms with Crippen LogP contribution < -0.4 is 4.90 Å². The van der Waals surface area contributed by atoms with Crippen LogP contribution in [-0.2, 0) is 14.3 Å². The molecule has 2 aromatic carbocycles. The minimum atomic E-state index is -0.299. The second kappa shape index (κ2) is 9.95. The number of hydrogen-bond donors (Lipinski definition) is 1. The van der Waals surface area contributed by atoms with Crippen LogP contribution in [0.3, 0.4) is 0 Å². The largest absolute Gasteiger partial charge is 0.483 e. The van der Waals surface area contributed by atoms with Gasteiger partial charge in [0.2, 0.25) is 5.91 Å². The van der Waals surface area contributed by atoms with Crippen LogP contribution in [-0.4, -0.2) is 72.2 Å². The lowest BCUT2D eigenvalue weighted by atomic mass is 9.85. The van der Waals surface area contributed by atoms with Crippen LogP contribution in [0.2, 0.25) is 0 Å². The van der Waals surface area contributed by atoms with Crippen molar-refractivity contribution in [3.63, 3.8) is 0 Å². The number of carbonyl (C=O) groups is 2. The van der Waals surface area contributed by atoms with Crippen molar-refractivity contribution >= 4 is 29.1 Å². The summed E-state index contributed by atoms with van der Waals surface area (Å²) in [7, 11) is 1.68. The van der Waals surface area contributed by atoms with Gasteiger partial charge in [-0.2, -0.15) is 0 Å². The number of likely N-dealkylation sites (tertiary alicyclic amines) is 1. The van der Waals surface area contributed by atoms with Crippen LogP contribution in [0.15, 0.2) is 54.6 Å². The molecule has 1 atom stereocenters. The van der Waals surface area contributed by atoms with Crippen molar-refractivity contribution in [2.75, 3.05) is 44.8 Å². The number of anilines is 1. The number of aromatic nitrogens is 2. The van der Waals surface area contributed by atoms with Gasteiger partial charge in [-0.3, -0.25) is 9.59 Å². The number of nitrogens with zero attached hydrogens (tertiary/aromatic N) is 4. The SMILES string of the molecule is COCCN1CCC2(CCN(c3nc(-c4ccccc4)nc4ccccc34)C2)C1=O.O=CO. The van der Waals surface area contributed by atoms with Crippen LogP contribution in [0.25, 0.3) is 22.3 Å². The van der Waals surface area contributed by atoms with Gasteiger partial charge in [0, 0.05) is 44.2 Å². The highest BCUT2D eigenvalue weighted by atomic mass is 16.5. The lowest BCUT2D eigenvalue weighted by molar-refractivity contribution is -0.135. The molecule has 2 saturated heterocycles. The fourth-order valence-electron chi connectivity index (χ4n) is 4.76. The first-order chi connectivity index (χ1) is 16.1. The van der Waals surface area contributed by atoms with Gasteiger partial charge >= 0.3 is 0 Å². The average molecular weight is 449 g/mol. The third-order valence-corrected chi connectivity index (χ3v) is 6.43. The molecule has 3 heterocycles. The van der Waals surface area contributed by atoms with E-state index in [1.807, 2.05) is 53.4 Å². The first-order valence-electron chi connectivity index (χ1n) is 11.1. The number of fused-ring (bicyclic) bond motifs is 1. The summed E-state index contributed by atoms with van der Waals surface area (Å²) in [6.07, 6.45) is 1.77. The molecule has 0 aliphatic carbocycles. The van der Waals surface area contributed by atoms with Gasteiger partial charge in [-0.15, -0.1) is 0 Å². The fourth-order valence-corrected chi connectivity index (χ4v) is 4.76. The normalized spacial score (nSPS) is 19.7. The topological polar surface area (TPSA) is 95.9 Å². The van der Waals surface area contributed by atoms with Crippen LogP contribution in [0.4, 0.5) is 5.82 Å². The summed E-state index contributed by atoms with van der Waals surface area (Å²) in [6.45, 7) is 3.37. The Balaban J connectivity index is 0.000000821. The van der Waals surface area contributed by atoms with Gasteiger partial charge in [-0.05, 0) is 25.0 Å². The van der Waals surface area contributed by atoms with Gasteiger partial charge in [0.05, 0.1) is 17.5 Å². The predicted molar refractivity (Wildman–Crippen MR) is 126 cm³/mol. The van der Waals surface area contributed by atoms with E-state index in [0.29, 0.717) is 19.7 Å². The minimum absolute atomic E-state index is 0.250. The molecule has 2 aliphatic heterocycles. The van der Waals surface area contributed by atoms with Crippen molar-refractivity contribution in [3.05, 3.63) is 54.6 Å². The molecular formula is C25H28N4O4. The first kappa shape index (κ1) is 22.7. The van der Waals surface area contributed by atoms with Crippen molar-refractivity contribution in [2.24, 2.45) is 5.41 Å². The predicted octanol–water partition coefficient (Wildman–Crippen LogP) is 3.07. The van der Waals surface area contributed by atoms with Crippen molar-refractivity contribution in [3.8, 4) is 11.4 Å². The van der Waals surface area contributed by atoms with Crippen molar-refractivity contribution in [2.45, 2.75) is 12.8 Å². The Kier molecular flexibility index (Phi) is 6.84.